The SMILES string of the molecule is N#Cc1ccc(OCC(=O)N/N=C\c2cc(Cl)c3c(c2)OCO3)cc1. The highest BCUT2D eigenvalue weighted by atomic mass is 35.5. The maximum absolute atomic E-state index is 11.7. The highest BCUT2D eigenvalue weighted by Crippen LogP contribution is 2.39. The molecule has 2 aromatic carbocycles. The summed E-state index contributed by atoms with van der Waals surface area (Å²) in [6.07, 6.45) is 1.44. The topological polar surface area (TPSA) is 92.9 Å². The maximum Gasteiger partial charge on any atom is 0.277 e. The van der Waals surface area contributed by atoms with Gasteiger partial charge in [0, 0.05) is 0 Å². The molecule has 1 amide bonds. The van der Waals surface area contributed by atoms with Gasteiger partial charge in [0.05, 0.1) is 22.9 Å². The van der Waals surface area contributed by atoms with Gasteiger partial charge in [0.1, 0.15) is 5.75 Å². The zero-order valence-corrected chi connectivity index (χ0v) is 13.6. The third-order valence-electron chi connectivity index (χ3n) is 3.21. The molecule has 7 nitrogen and oxygen atoms in total. The lowest BCUT2D eigenvalue weighted by atomic mass is 10.2. The first kappa shape index (κ1) is 16.6. The summed E-state index contributed by atoms with van der Waals surface area (Å²) < 4.78 is 15.8. The minimum atomic E-state index is -0.424. The van der Waals surface area contributed by atoms with E-state index in [2.05, 4.69) is 10.5 Å². The van der Waals surface area contributed by atoms with E-state index in [1.54, 1.807) is 36.4 Å². The van der Waals surface area contributed by atoms with E-state index in [1.807, 2.05) is 6.07 Å². The Bertz CT molecular complexity index is 859. The number of rotatable bonds is 5. The lowest BCUT2D eigenvalue weighted by molar-refractivity contribution is -0.123. The van der Waals surface area contributed by atoms with Crippen LogP contribution in [0.2, 0.25) is 5.02 Å². The van der Waals surface area contributed by atoms with Crippen molar-refractivity contribution in [2.75, 3.05) is 13.4 Å². The van der Waals surface area contributed by atoms with E-state index in [1.165, 1.54) is 6.21 Å². The Balaban J connectivity index is 1.51. The summed E-state index contributed by atoms with van der Waals surface area (Å²) >= 11 is 6.06. The van der Waals surface area contributed by atoms with E-state index in [9.17, 15) is 4.79 Å². The summed E-state index contributed by atoms with van der Waals surface area (Å²) in [5, 5.41) is 13.0. The van der Waals surface area contributed by atoms with E-state index in [0.717, 1.165) is 0 Å². The Kier molecular flexibility index (Phi) is 5.02. The van der Waals surface area contributed by atoms with Gasteiger partial charge in [0.2, 0.25) is 6.79 Å². The van der Waals surface area contributed by atoms with Gasteiger partial charge < -0.3 is 14.2 Å². The number of hydrazone groups is 1. The molecule has 2 aromatic rings. The summed E-state index contributed by atoms with van der Waals surface area (Å²) in [6, 6.07) is 11.8. The van der Waals surface area contributed by atoms with Gasteiger partial charge in [0.15, 0.2) is 18.1 Å². The van der Waals surface area contributed by atoms with Crippen LogP contribution in [0, 0.1) is 11.3 Å². The van der Waals surface area contributed by atoms with Crippen molar-refractivity contribution < 1.29 is 19.0 Å². The summed E-state index contributed by atoms with van der Waals surface area (Å²) in [7, 11) is 0. The Labute approximate surface area is 148 Å². The molecule has 1 N–H and O–H groups in total. The predicted molar refractivity (Wildman–Crippen MR) is 90.0 cm³/mol. The van der Waals surface area contributed by atoms with E-state index >= 15 is 0 Å². The quantitative estimate of drug-likeness (QED) is 0.655. The molecule has 3 rings (SSSR count). The lowest BCUT2D eigenvalue weighted by Crippen LogP contribution is -2.24. The maximum atomic E-state index is 11.7. The van der Waals surface area contributed by atoms with Crippen LogP contribution >= 0.6 is 11.6 Å². The molecular weight excluding hydrogens is 346 g/mol. The predicted octanol–water partition coefficient (Wildman–Crippen LogP) is 2.47. The first-order valence-electron chi connectivity index (χ1n) is 7.20. The van der Waals surface area contributed by atoms with E-state index in [0.29, 0.717) is 33.4 Å². The minimum absolute atomic E-state index is 0.124. The molecule has 0 aromatic heterocycles. The highest BCUT2D eigenvalue weighted by Gasteiger charge is 2.17. The van der Waals surface area contributed by atoms with Crippen molar-refractivity contribution in [3.05, 3.63) is 52.5 Å². The van der Waals surface area contributed by atoms with Crippen molar-refractivity contribution in [3.8, 4) is 23.3 Å². The third kappa shape index (κ3) is 4.19. The van der Waals surface area contributed by atoms with E-state index in [4.69, 9.17) is 31.1 Å². The number of nitrogens with one attached hydrogen (secondary N) is 1. The second-order valence-corrected chi connectivity index (χ2v) is 5.36. The fourth-order valence-electron chi connectivity index (χ4n) is 2.05. The van der Waals surface area contributed by atoms with Crippen LogP contribution in [0.4, 0.5) is 0 Å². The summed E-state index contributed by atoms with van der Waals surface area (Å²) in [5.41, 5.74) is 3.52. The third-order valence-corrected chi connectivity index (χ3v) is 3.49. The van der Waals surface area contributed by atoms with Crippen LogP contribution in [-0.2, 0) is 4.79 Å². The minimum Gasteiger partial charge on any atom is -0.484 e. The van der Waals surface area contributed by atoms with Gasteiger partial charge in [-0.05, 0) is 42.0 Å². The van der Waals surface area contributed by atoms with Crippen molar-refractivity contribution in [2.45, 2.75) is 0 Å². The molecule has 0 atom stereocenters. The molecule has 0 saturated carbocycles. The molecular formula is C17H12ClN3O4. The molecule has 1 aliphatic heterocycles. The van der Waals surface area contributed by atoms with Gasteiger partial charge in [-0.2, -0.15) is 10.4 Å². The Morgan fingerprint density at radius 3 is 2.92 bits per heavy atom. The van der Waals surface area contributed by atoms with Crippen LogP contribution in [0.1, 0.15) is 11.1 Å². The zero-order valence-electron chi connectivity index (χ0n) is 12.9. The number of hydrogen-bond acceptors (Lipinski definition) is 6. The normalized spacial score (nSPS) is 12.0. The number of ether oxygens (including phenoxy) is 3. The molecule has 25 heavy (non-hydrogen) atoms. The van der Waals surface area contributed by atoms with Gasteiger partial charge in [-0.1, -0.05) is 11.6 Å². The molecule has 1 aliphatic rings. The first-order valence-corrected chi connectivity index (χ1v) is 7.57. The largest absolute Gasteiger partial charge is 0.484 e. The van der Waals surface area contributed by atoms with Crippen molar-refractivity contribution in [3.63, 3.8) is 0 Å². The molecule has 0 radical (unpaired) electrons. The molecule has 8 heteroatoms. The molecule has 126 valence electrons. The van der Waals surface area contributed by atoms with Gasteiger partial charge in [-0.15, -0.1) is 0 Å². The number of hydrogen-bond donors (Lipinski definition) is 1. The second kappa shape index (κ2) is 7.55. The van der Waals surface area contributed by atoms with Crippen molar-refractivity contribution >= 4 is 23.7 Å². The molecule has 0 aliphatic carbocycles. The molecule has 0 spiro atoms. The number of nitrogens with zero attached hydrogens (tertiary/aromatic N) is 2. The fourth-order valence-corrected chi connectivity index (χ4v) is 2.32. The number of benzene rings is 2. The average Bonchev–Trinajstić information content (AvgIpc) is 3.09. The van der Waals surface area contributed by atoms with Crippen molar-refractivity contribution in [1.82, 2.24) is 5.43 Å². The summed E-state index contributed by atoms with van der Waals surface area (Å²) in [6.45, 7) is -0.0792. The summed E-state index contributed by atoms with van der Waals surface area (Å²) in [4.78, 5) is 11.7. The van der Waals surface area contributed by atoms with Crippen LogP contribution < -0.4 is 19.6 Å². The smallest absolute Gasteiger partial charge is 0.277 e. The van der Waals surface area contributed by atoms with Crippen LogP contribution in [0.15, 0.2) is 41.5 Å². The Hall–Kier alpha value is -3.24. The van der Waals surface area contributed by atoms with Gasteiger partial charge in [-0.25, -0.2) is 5.43 Å². The van der Waals surface area contributed by atoms with E-state index in [-0.39, 0.29) is 13.4 Å². The van der Waals surface area contributed by atoms with Crippen LogP contribution in [0.3, 0.4) is 0 Å². The molecule has 0 fully saturated rings. The fraction of sp³-hybridized carbons (Fsp3) is 0.118. The first-order chi connectivity index (χ1) is 12.2. The van der Waals surface area contributed by atoms with Gasteiger partial charge in [-0.3, -0.25) is 4.79 Å². The number of halogens is 1. The monoisotopic (exact) mass is 357 g/mol. The lowest BCUT2D eigenvalue weighted by Gasteiger charge is -2.05. The number of nitriles is 1. The Morgan fingerprint density at radius 1 is 1.36 bits per heavy atom. The number of carbonyl (C=O) groups is 1. The number of amides is 1. The van der Waals surface area contributed by atoms with Crippen LogP contribution in [0.25, 0.3) is 0 Å². The van der Waals surface area contributed by atoms with E-state index < -0.39 is 5.91 Å². The molecule has 1 heterocycles. The second-order valence-electron chi connectivity index (χ2n) is 4.95. The summed E-state index contributed by atoms with van der Waals surface area (Å²) in [5.74, 6) is 1.09. The number of fused-ring (bicyclic) bond motifs is 1. The average molecular weight is 358 g/mol. The molecule has 0 bridgehead atoms. The standard InChI is InChI=1S/C17H12ClN3O4/c18-14-5-12(6-15-17(14)25-10-24-15)8-20-21-16(22)9-23-13-3-1-11(7-19)2-4-13/h1-6,8H,9-10H2,(H,21,22)/b20-8-. The number of carbonyl (C=O) groups excluding carboxylic acids is 1. The Morgan fingerprint density at radius 2 is 2.16 bits per heavy atom. The zero-order chi connectivity index (χ0) is 17.6. The van der Waals surface area contributed by atoms with Crippen LogP contribution in [0.5, 0.6) is 17.2 Å². The molecule has 0 unspecified atom stereocenters. The molecule has 0 saturated heterocycles. The van der Waals surface area contributed by atoms with Crippen LogP contribution in [-0.4, -0.2) is 25.5 Å². The van der Waals surface area contributed by atoms with Crippen molar-refractivity contribution in [1.29, 1.82) is 5.26 Å². The van der Waals surface area contributed by atoms with Gasteiger partial charge in [0.25, 0.3) is 5.91 Å². The van der Waals surface area contributed by atoms with Crippen molar-refractivity contribution in [2.24, 2.45) is 5.10 Å². The van der Waals surface area contributed by atoms with Gasteiger partial charge >= 0.3 is 0 Å². The highest BCUT2D eigenvalue weighted by molar-refractivity contribution is 6.32.